The number of hydrogen-bond acceptors (Lipinski definition) is 2. The van der Waals surface area contributed by atoms with Crippen molar-refractivity contribution in [2.24, 2.45) is 10.8 Å². The molecule has 2 aliphatic heterocycles. The van der Waals surface area contributed by atoms with Crippen molar-refractivity contribution in [3.8, 4) is 0 Å². The van der Waals surface area contributed by atoms with E-state index < -0.39 is 0 Å². The standard InChI is InChI=1S/C15H24N2O/c1-14(6-4-3-5-7-14)13(18)17-11-15(12-17)8-9-16(2)10-15/h3-4H,5-12H2,1-2H3. The average molecular weight is 248 g/mol. The number of rotatable bonds is 1. The molecule has 1 atom stereocenters. The van der Waals surface area contributed by atoms with Gasteiger partial charge in [-0.25, -0.2) is 0 Å². The van der Waals surface area contributed by atoms with E-state index in [1.807, 2.05) is 0 Å². The van der Waals surface area contributed by atoms with Gasteiger partial charge in [-0.3, -0.25) is 4.79 Å². The molecule has 3 aliphatic rings. The van der Waals surface area contributed by atoms with Crippen LogP contribution in [-0.4, -0.2) is 48.9 Å². The summed E-state index contributed by atoms with van der Waals surface area (Å²) in [5.41, 5.74) is 0.312. The second-order valence-corrected chi connectivity index (χ2v) is 6.92. The lowest BCUT2D eigenvalue weighted by Crippen LogP contribution is -2.62. The molecule has 100 valence electrons. The van der Waals surface area contributed by atoms with Gasteiger partial charge in [0, 0.05) is 25.0 Å². The van der Waals surface area contributed by atoms with Crippen molar-refractivity contribution in [1.29, 1.82) is 0 Å². The van der Waals surface area contributed by atoms with Crippen LogP contribution >= 0.6 is 0 Å². The normalized spacial score (nSPS) is 34.9. The molecule has 0 aromatic carbocycles. The molecule has 3 heteroatoms. The van der Waals surface area contributed by atoms with Gasteiger partial charge in [-0.2, -0.15) is 0 Å². The smallest absolute Gasteiger partial charge is 0.228 e. The number of allylic oxidation sites excluding steroid dienone is 2. The summed E-state index contributed by atoms with van der Waals surface area (Å²) in [5.74, 6) is 0.395. The molecule has 18 heavy (non-hydrogen) atoms. The number of amides is 1. The SMILES string of the molecule is CN1CCC2(C1)CN(C(=O)C1(C)CC=CCC1)C2. The Kier molecular flexibility index (Phi) is 2.77. The molecule has 2 saturated heterocycles. The molecule has 1 aliphatic carbocycles. The molecule has 3 nitrogen and oxygen atoms in total. The predicted molar refractivity (Wildman–Crippen MR) is 72.2 cm³/mol. The topological polar surface area (TPSA) is 23.6 Å². The summed E-state index contributed by atoms with van der Waals surface area (Å²) < 4.78 is 0. The van der Waals surface area contributed by atoms with Crippen LogP contribution < -0.4 is 0 Å². The van der Waals surface area contributed by atoms with Gasteiger partial charge in [0.05, 0.1) is 5.41 Å². The van der Waals surface area contributed by atoms with Crippen LogP contribution in [0.15, 0.2) is 12.2 Å². The Hall–Kier alpha value is -0.830. The fourth-order valence-electron chi connectivity index (χ4n) is 3.87. The van der Waals surface area contributed by atoms with Crippen molar-refractivity contribution < 1.29 is 4.79 Å². The van der Waals surface area contributed by atoms with Gasteiger partial charge >= 0.3 is 0 Å². The van der Waals surface area contributed by atoms with E-state index in [1.54, 1.807) is 0 Å². The van der Waals surface area contributed by atoms with Crippen LogP contribution in [0.3, 0.4) is 0 Å². The Balaban J connectivity index is 1.61. The van der Waals surface area contributed by atoms with Gasteiger partial charge in [0.1, 0.15) is 0 Å². The molecule has 0 radical (unpaired) electrons. The lowest BCUT2D eigenvalue weighted by Gasteiger charge is -2.51. The molecular weight excluding hydrogens is 224 g/mol. The van der Waals surface area contributed by atoms with E-state index in [4.69, 9.17) is 0 Å². The van der Waals surface area contributed by atoms with Crippen LogP contribution in [0.2, 0.25) is 0 Å². The molecule has 0 aromatic heterocycles. The first-order valence-electron chi connectivity index (χ1n) is 7.16. The highest BCUT2D eigenvalue weighted by Gasteiger charge is 2.51. The summed E-state index contributed by atoms with van der Waals surface area (Å²) in [6, 6.07) is 0. The van der Waals surface area contributed by atoms with E-state index in [1.165, 1.54) is 19.5 Å². The van der Waals surface area contributed by atoms with Crippen LogP contribution in [-0.2, 0) is 4.79 Å². The number of carbonyl (C=O) groups is 1. The average Bonchev–Trinajstić information content (AvgIpc) is 2.70. The monoisotopic (exact) mass is 248 g/mol. The summed E-state index contributed by atoms with van der Waals surface area (Å²) in [6.45, 7) is 6.50. The van der Waals surface area contributed by atoms with Crippen LogP contribution in [0.5, 0.6) is 0 Å². The number of hydrogen-bond donors (Lipinski definition) is 0. The first-order chi connectivity index (χ1) is 8.53. The van der Waals surface area contributed by atoms with Crippen molar-refractivity contribution in [2.75, 3.05) is 33.2 Å². The maximum atomic E-state index is 12.6. The lowest BCUT2D eigenvalue weighted by molar-refractivity contribution is -0.153. The summed E-state index contributed by atoms with van der Waals surface area (Å²) in [5, 5.41) is 0. The lowest BCUT2D eigenvalue weighted by atomic mass is 9.73. The highest BCUT2D eigenvalue weighted by molar-refractivity contribution is 5.83. The molecular formula is C15H24N2O. The van der Waals surface area contributed by atoms with Crippen LogP contribution in [0.25, 0.3) is 0 Å². The zero-order valence-electron chi connectivity index (χ0n) is 11.6. The molecule has 3 rings (SSSR count). The minimum Gasteiger partial charge on any atom is -0.341 e. The van der Waals surface area contributed by atoms with Crippen LogP contribution in [0, 0.1) is 10.8 Å². The van der Waals surface area contributed by atoms with Gasteiger partial charge in [0.15, 0.2) is 0 Å². The third-order valence-electron chi connectivity index (χ3n) is 5.08. The molecule has 0 bridgehead atoms. The Morgan fingerprint density at radius 3 is 2.50 bits per heavy atom. The fourth-order valence-corrected chi connectivity index (χ4v) is 3.87. The largest absolute Gasteiger partial charge is 0.341 e. The van der Waals surface area contributed by atoms with Gasteiger partial charge in [-0.1, -0.05) is 19.1 Å². The van der Waals surface area contributed by atoms with E-state index >= 15 is 0 Å². The second-order valence-electron chi connectivity index (χ2n) is 6.92. The summed E-state index contributed by atoms with van der Waals surface area (Å²) in [6.07, 6.45) is 8.66. The van der Waals surface area contributed by atoms with Crippen molar-refractivity contribution in [1.82, 2.24) is 9.80 Å². The van der Waals surface area contributed by atoms with Crippen molar-refractivity contribution >= 4 is 5.91 Å². The minimum atomic E-state index is -0.124. The van der Waals surface area contributed by atoms with Gasteiger partial charge in [0.2, 0.25) is 5.91 Å². The van der Waals surface area contributed by atoms with E-state index in [9.17, 15) is 4.79 Å². The second kappa shape index (κ2) is 4.09. The van der Waals surface area contributed by atoms with Gasteiger partial charge in [-0.15, -0.1) is 0 Å². The highest BCUT2D eigenvalue weighted by Crippen LogP contribution is 2.43. The zero-order chi connectivity index (χ0) is 12.8. The van der Waals surface area contributed by atoms with Crippen molar-refractivity contribution in [2.45, 2.75) is 32.6 Å². The molecule has 2 fully saturated rings. The predicted octanol–water partition coefficient (Wildman–Crippen LogP) is 1.90. The van der Waals surface area contributed by atoms with Gasteiger partial charge in [0.25, 0.3) is 0 Å². The maximum Gasteiger partial charge on any atom is 0.228 e. The zero-order valence-corrected chi connectivity index (χ0v) is 11.6. The Labute approximate surface area is 110 Å². The van der Waals surface area contributed by atoms with Crippen molar-refractivity contribution in [3.63, 3.8) is 0 Å². The fraction of sp³-hybridized carbons (Fsp3) is 0.800. The Bertz CT molecular complexity index is 384. The third kappa shape index (κ3) is 1.89. The molecule has 0 saturated carbocycles. The maximum absolute atomic E-state index is 12.6. The molecule has 1 unspecified atom stereocenters. The van der Waals surface area contributed by atoms with Crippen molar-refractivity contribution in [3.05, 3.63) is 12.2 Å². The summed E-state index contributed by atoms with van der Waals surface area (Å²) in [4.78, 5) is 17.1. The number of nitrogens with zero attached hydrogens (tertiary/aromatic N) is 2. The quantitative estimate of drug-likeness (QED) is 0.662. The molecule has 1 spiro atoms. The molecule has 2 heterocycles. The Morgan fingerprint density at radius 2 is 1.94 bits per heavy atom. The first kappa shape index (κ1) is 12.2. The number of likely N-dealkylation sites (tertiary alicyclic amines) is 2. The number of carbonyl (C=O) groups excluding carboxylic acids is 1. The Morgan fingerprint density at radius 1 is 1.17 bits per heavy atom. The summed E-state index contributed by atoms with van der Waals surface area (Å²) >= 11 is 0. The van der Waals surface area contributed by atoms with Gasteiger partial charge in [-0.05, 0) is 39.3 Å². The van der Waals surface area contributed by atoms with E-state index in [0.29, 0.717) is 11.3 Å². The van der Waals surface area contributed by atoms with E-state index in [-0.39, 0.29) is 5.41 Å². The molecule has 0 aromatic rings. The van der Waals surface area contributed by atoms with Gasteiger partial charge < -0.3 is 9.80 Å². The van der Waals surface area contributed by atoms with E-state index in [2.05, 4.69) is 35.9 Å². The molecule has 1 amide bonds. The third-order valence-corrected chi connectivity index (χ3v) is 5.08. The van der Waals surface area contributed by atoms with Crippen LogP contribution in [0.1, 0.15) is 32.6 Å². The van der Waals surface area contributed by atoms with Crippen LogP contribution in [0.4, 0.5) is 0 Å². The first-order valence-corrected chi connectivity index (χ1v) is 7.16. The summed E-state index contributed by atoms with van der Waals surface area (Å²) in [7, 11) is 2.19. The highest BCUT2D eigenvalue weighted by atomic mass is 16.2. The minimum absolute atomic E-state index is 0.124. The molecule has 0 N–H and O–H groups in total. The van der Waals surface area contributed by atoms with E-state index in [0.717, 1.165) is 32.4 Å².